The highest BCUT2D eigenvalue weighted by molar-refractivity contribution is 5.98. The number of nitrogens with one attached hydrogen (secondary N) is 1. The van der Waals surface area contributed by atoms with Gasteiger partial charge in [-0.1, -0.05) is 18.2 Å². The van der Waals surface area contributed by atoms with Crippen LogP contribution in [-0.4, -0.2) is 31.7 Å². The number of benzene rings is 2. The molecule has 0 spiro atoms. The van der Waals surface area contributed by atoms with Crippen LogP contribution >= 0.6 is 0 Å². The number of halogens is 1. The summed E-state index contributed by atoms with van der Waals surface area (Å²) in [5, 5.41) is 0.937. The number of methoxy groups -OCH3 is 2. The van der Waals surface area contributed by atoms with Gasteiger partial charge in [-0.2, -0.15) is 0 Å². The summed E-state index contributed by atoms with van der Waals surface area (Å²) in [5.74, 6) is -0.538. The van der Waals surface area contributed by atoms with Crippen LogP contribution in [-0.2, 0) is 17.8 Å². The fourth-order valence-corrected chi connectivity index (χ4v) is 3.60. The lowest BCUT2D eigenvalue weighted by atomic mass is 10.0. The Morgan fingerprint density at radius 2 is 1.90 bits per heavy atom. The fraction of sp³-hybridized carbons (Fsp3) is 0.304. The smallest absolute Gasteiger partial charge is 0.340 e. The number of para-hydroxylation sites is 1. The van der Waals surface area contributed by atoms with Gasteiger partial charge in [0.15, 0.2) is 11.6 Å². The van der Waals surface area contributed by atoms with E-state index in [4.69, 9.17) is 14.5 Å². The predicted octanol–water partition coefficient (Wildman–Crippen LogP) is 3.08. The van der Waals surface area contributed by atoms with Crippen LogP contribution in [0.3, 0.4) is 0 Å². The Labute approximate surface area is 170 Å². The Balaban J connectivity index is 1.96. The number of aryl methyl sites for hydroxylation is 1. The number of hydrogen-bond acceptors (Lipinski definition) is 4. The predicted molar refractivity (Wildman–Crippen MR) is 110 cm³/mol. The second kappa shape index (κ2) is 9.01. The summed E-state index contributed by atoms with van der Waals surface area (Å²) in [6.07, 6.45) is 0. The molecule has 0 saturated heterocycles. The molecular weight excluding hydrogens is 371 g/mol. The molecule has 0 aliphatic heterocycles. The van der Waals surface area contributed by atoms with Gasteiger partial charge in [0.1, 0.15) is 18.8 Å². The molecule has 0 aliphatic rings. The molecule has 0 fully saturated rings. The molecule has 1 N–H and O–H groups in total. The van der Waals surface area contributed by atoms with Crippen molar-refractivity contribution in [2.45, 2.75) is 26.9 Å². The van der Waals surface area contributed by atoms with E-state index in [0.29, 0.717) is 24.3 Å². The highest BCUT2D eigenvalue weighted by Gasteiger charge is 2.22. The van der Waals surface area contributed by atoms with Crippen molar-refractivity contribution < 1.29 is 23.6 Å². The molecule has 0 radical (unpaired) electrons. The van der Waals surface area contributed by atoms with Crippen LogP contribution in [0.4, 0.5) is 4.39 Å². The van der Waals surface area contributed by atoms with Crippen LogP contribution in [0.25, 0.3) is 10.9 Å². The summed E-state index contributed by atoms with van der Waals surface area (Å²) >= 11 is 0. The third-order valence-corrected chi connectivity index (χ3v) is 5.20. The van der Waals surface area contributed by atoms with Gasteiger partial charge in [0, 0.05) is 10.9 Å². The third kappa shape index (κ3) is 4.38. The minimum Gasteiger partial charge on any atom is -0.494 e. The van der Waals surface area contributed by atoms with Crippen molar-refractivity contribution in [1.82, 2.24) is 4.98 Å². The molecule has 1 heterocycles. The van der Waals surface area contributed by atoms with Crippen LogP contribution < -0.4 is 9.64 Å². The van der Waals surface area contributed by atoms with Crippen LogP contribution in [0.1, 0.15) is 34.1 Å². The van der Waals surface area contributed by atoms with Gasteiger partial charge in [0.25, 0.3) is 0 Å². The van der Waals surface area contributed by atoms with Crippen LogP contribution in [0.15, 0.2) is 42.5 Å². The van der Waals surface area contributed by atoms with Crippen molar-refractivity contribution in [2.75, 3.05) is 20.8 Å². The van der Waals surface area contributed by atoms with Crippen molar-refractivity contribution in [2.24, 2.45) is 0 Å². The van der Waals surface area contributed by atoms with Gasteiger partial charge in [-0.05, 0) is 43.7 Å². The van der Waals surface area contributed by atoms with Crippen LogP contribution in [0.5, 0.6) is 5.75 Å². The van der Waals surface area contributed by atoms with Crippen LogP contribution in [0.2, 0.25) is 0 Å². The highest BCUT2D eigenvalue weighted by Crippen LogP contribution is 2.23. The molecule has 0 saturated carbocycles. The number of nitrogens with zero attached hydrogens (tertiary/aromatic N) is 1. The monoisotopic (exact) mass is 397 g/mol. The first-order valence-electron chi connectivity index (χ1n) is 9.61. The minimum absolute atomic E-state index is 0.228. The van der Waals surface area contributed by atoms with E-state index in [0.717, 1.165) is 33.5 Å². The van der Waals surface area contributed by atoms with Gasteiger partial charge >= 0.3 is 5.97 Å². The van der Waals surface area contributed by atoms with Gasteiger partial charge in [-0.25, -0.2) is 14.2 Å². The van der Waals surface area contributed by atoms with Crippen molar-refractivity contribution >= 4 is 16.9 Å². The van der Waals surface area contributed by atoms with E-state index < -0.39 is 0 Å². The maximum atomic E-state index is 14.1. The summed E-state index contributed by atoms with van der Waals surface area (Å²) in [4.78, 5) is 18.4. The van der Waals surface area contributed by atoms with E-state index in [1.54, 1.807) is 6.07 Å². The first-order valence-corrected chi connectivity index (χ1v) is 9.61. The molecule has 0 aliphatic carbocycles. The largest absolute Gasteiger partial charge is 0.494 e. The number of carbonyl (C=O) groups excluding carboxylic acids is 1. The molecule has 6 heteroatoms. The zero-order chi connectivity index (χ0) is 21.0. The van der Waals surface area contributed by atoms with Gasteiger partial charge < -0.3 is 14.4 Å². The number of esters is 1. The normalized spacial score (nSPS) is 12.0. The molecule has 1 aromatic heterocycles. The molecule has 0 amide bonds. The maximum absolute atomic E-state index is 14.1. The molecule has 1 unspecified atom stereocenters. The second-order valence-corrected chi connectivity index (χ2v) is 6.99. The average Bonchev–Trinajstić information content (AvgIpc) is 2.73. The van der Waals surface area contributed by atoms with E-state index in [1.807, 2.05) is 37.3 Å². The lowest BCUT2D eigenvalue weighted by molar-refractivity contribution is -0.926. The number of fused-ring (bicyclic) bond motifs is 1. The topological polar surface area (TPSA) is 52.9 Å². The number of ether oxygens (including phenoxy) is 2. The van der Waals surface area contributed by atoms with E-state index in [-0.39, 0.29) is 17.5 Å². The van der Waals surface area contributed by atoms with Crippen molar-refractivity contribution in [3.8, 4) is 5.75 Å². The Morgan fingerprint density at radius 3 is 2.55 bits per heavy atom. The van der Waals surface area contributed by atoms with Crippen molar-refractivity contribution in [3.63, 3.8) is 0 Å². The Morgan fingerprint density at radius 1 is 1.14 bits per heavy atom. The summed E-state index contributed by atoms with van der Waals surface area (Å²) in [7, 11) is 2.83. The number of aromatic nitrogens is 1. The standard InChI is InChI=1S/C23H25FN2O3/c1-5-26(13-16-10-11-21(28-3)18(24)12-16)14-20-22(23(27)29-4)15(2)17-8-6-7-9-19(17)25-20/h6-12H,5,13-14H2,1-4H3/p+1. The zero-order valence-corrected chi connectivity index (χ0v) is 17.2. The quantitative estimate of drug-likeness (QED) is 0.623. The summed E-state index contributed by atoms with van der Waals surface area (Å²) in [6.45, 7) is 5.90. The Kier molecular flexibility index (Phi) is 6.44. The van der Waals surface area contributed by atoms with E-state index in [9.17, 15) is 9.18 Å². The lowest BCUT2D eigenvalue weighted by Crippen LogP contribution is -3.09. The minimum atomic E-state index is -0.387. The SMILES string of the molecule is CC[NH+](Cc1ccc(OC)c(F)c1)Cc1nc2ccccc2c(C)c1C(=O)OC. The van der Waals surface area contributed by atoms with Gasteiger partial charge in [0.05, 0.1) is 31.8 Å². The average molecular weight is 397 g/mol. The summed E-state index contributed by atoms with van der Waals surface area (Å²) < 4.78 is 24.1. The molecule has 3 aromatic rings. The third-order valence-electron chi connectivity index (χ3n) is 5.20. The van der Waals surface area contributed by atoms with Crippen molar-refractivity contribution in [1.29, 1.82) is 0 Å². The molecule has 5 nitrogen and oxygen atoms in total. The summed E-state index contributed by atoms with van der Waals surface area (Å²) in [5.41, 5.74) is 3.77. The van der Waals surface area contributed by atoms with E-state index in [1.165, 1.54) is 20.3 Å². The Hall–Kier alpha value is -2.99. The molecule has 2 aromatic carbocycles. The van der Waals surface area contributed by atoms with Gasteiger partial charge in [-0.15, -0.1) is 0 Å². The van der Waals surface area contributed by atoms with Crippen molar-refractivity contribution in [3.05, 3.63) is 70.7 Å². The van der Waals surface area contributed by atoms with E-state index in [2.05, 4.69) is 6.92 Å². The number of rotatable bonds is 7. The number of pyridine rings is 1. The van der Waals surface area contributed by atoms with E-state index >= 15 is 0 Å². The number of carbonyl (C=O) groups is 1. The molecule has 0 bridgehead atoms. The second-order valence-electron chi connectivity index (χ2n) is 6.99. The van der Waals surface area contributed by atoms with Gasteiger partial charge in [-0.3, -0.25) is 0 Å². The van der Waals surface area contributed by atoms with Gasteiger partial charge in [0.2, 0.25) is 0 Å². The Bertz CT molecular complexity index is 1040. The highest BCUT2D eigenvalue weighted by atomic mass is 19.1. The molecule has 3 rings (SSSR count). The molecular formula is C23H26FN2O3+. The fourth-order valence-electron chi connectivity index (χ4n) is 3.60. The number of hydrogen-bond donors (Lipinski definition) is 1. The van der Waals surface area contributed by atoms with Crippen LogP contribution in [0, 0.1) is 12.7 Å². The number of quaternary nitrogens is 1. The lowest BCUT2D eigenvalue weighted by Gasteiger charge is -2.20. The maximum Gasteiger partial charge on any atom is 0.340 e. The molecule has 1 atom stereocenters. The summed E-state index contributed by atoms with van der Waals surface area (Å²) in [6, 6.07) is 12.7. The molecule has 29 heavy (non-hydrogen) atoms. The zero-order valence-electron chi connectivity index (χ0n) is 17.2. The first-order chi connectivity index (χ1) is 14.0. The molecule has 152 valence electrons. The first kappa shape index (κ1) is 20.7.